The van der Waals surface area contributed by atoms with Crippen molar-refractivity contribution in [2.75, 3.05) is 0 Å². The largest absolute Gasteiger partial charge is 0.504 e. The van der Waals surface area contributed by atoms with Crippen LogP contribution in [-0.2, 0) is 16.1 Å². The number of ketones is 1. The minimum Gasteiger partial charge on any atom is -0.504 e. The second kappa shape index (κ2) is 11.8. The minimum absolute atomic E-state index is 0.0784. The van der Waals surface area contributed by atoms with Crippen molar-refractivity contribution in [2.45, 2.75) is 59.2 Å². The van der Waals surface area contributed by atoms with Gasteiger partial charge in [0.1, 0.15) is 0 Å². The molecule has 3 aromatic rings. The zero-order valence-electron chi connectivity index (χ0n) is 23.0. The van der Waals surface area contributed by atoms with Crippen molar-refractivity contribution >= 4 is 28.9 Å². The van der Waals surface area contributed by atoms with Crippen molar-refractivity contribution in [3.8, 4) is 21.9 Å². The number of carbonyl (C=O) groups is 3. The Hall–Kier alpha value is -3.76. The molecule has 0 saturated heterocycles. The van der Waals surface area contributed by atoms with E-state index in [0.29, 0.717) is 0 Å². The summed E-state index contributed by atoms with van der Waals surface area (Å²) in [6.07, 6.45) is -0.526. The summed E-state index contributed by atoms with van der Waals surface area (Å²) >= 11 is 1.57. The van der Waals surface area contributed by atoms with Crippen LogP contribution in [0, 0.1) is 24.2 Å². The average molecular weight is 566 g/mol. The van der Waals surface area contributed by atoms with E-state index in [1.54, 1.807) is 16.8 Å². The van der Waals surface area contributed by atoms with E-state index in [0.717, 1.165) is 27.8 Å². The van der Waals surface area contributed by atoms with Crippen LogP contribution in [-0.4, -0.2) is 50.0 Å². The highest BCUT2D eigenvalue weighted by Crippen LogP contribution is 2.37. The first-order chi connectivity index (χ1) is 18.8. The van der Waals surface area contributed by atoms with Gasteiger partial charge in [0.25, 0.3) is 5.91 Å². The third-order valence-corrected chi connectivity index (χ3v) is 8.31. The van der Waals surface area contributed by atoms with Crippen LogP contribution >= 0.6 is 11.3 Å². The molecule has 0 spiro atoms. The summed E-state index contributed by atoms with van der Waals surface area (Å²) in [4.78, 5) is 45.4. The van der Waals surface area contributed by atoms with Crippen LogP contribution in [0.25, 0.3) is 10.4 Å². The predicted molar refractivity (Wildman–Crippen MR) is 152 cm³/mol. The third-order valence-electron chi connectivity index (χ3n) is 7.33. The maximum atomic E-state index is 13.8. The Balaban J connectivity index is 1.45. The highest BCUT2D eigenvalue weighted by atomic mass is 32.1. The molecule has 0 aliphatic heterocycles. The lowest BCUT2D eigenvalue weighted by molar-refractivity contribution is -0.135. The van der Waals surface area contributed by atoms with Crippen molar-refractivity contribution < 1.29 is 29.7 Å². The van der Waals surface area contributed by atoms with Crippen LogP contribution in [0.4, 0.5) is 0 Å². The van der Waals surface area contributed by atoms with E-state index in [9.17, 15) is 29.7 Å². The van der Waals surface area contributed by atoms with Gasteiger partial charge >= 0.3 is 0 Å². The second-order valence-corrected chi connectivity index (χ2v) is 12.3. The summed E-state index contributed by atoms with van der Waals surface area (Å²) in [5.74, 6) is -3.56. The lowest BCUT2D eigenvalue weighted by atomic mass is 9.77. The van der Waals surface area contributed by atoms with Gasteiger partial charge < -0.3 is 26.0 Å². The summed E-state index contributed by atoms with van der Waals surface area (Å²) in [7, 11) is 0. The molecule has 0 radical (unpaired) electrons. The van der Waals surface area contributed by atoms with E-state index in [1.807, 2.05) is 52.0 Å². The summed E-state index contributed by atoms with van der Waals surface area (Å²) in [5, 5.41) is 35.4. The van der Waals surface area contributed by atoms with Gasteiger partial charge in [-0.2, -0.15) is 0 Å². The van der Waals surface area contributed by atoms with Gasteiger partial charge in [-0.1, -0.05) is 45.0 Å². The van der Waals surface area contributed by atoms with Gasteiger partial charge in [0.05, 0.1) is 34.1 Å². The lowest BCUT2D eigenvalue weighted by Crippen LogP contribution is -2.52. The Morgan fingerprint density at radius 1 is 1.02 bits per heavy atom. The Morgan fingerprint density at radius 2 is 1.70 bits per heavy atom. The number of phenolic OH excluding ortho intramolecular Hbond substituents is 2. The van der Waals surface area contributed by atoms with E-state index in [1.165, 1.54) is 12.1 Å². The average Bonchev–Trinajstić information content (AvgIpc) is 3.52. The number of carbonyl (C=O) groups excluding carboxylic acids is 3. The van der Waals surface area contributed by atoms with Gasteiger partial charge in [-0.3, -0.25) is 14.4 Å². The molecule has 40 heavy (non-hydrogen) atoms. The first-order valence-electron chi connectivity index (χ1n) is 13.2. The molecular weight excluding hydrogens is 530 g/mol. The highest BCUT2D eigenvalue weighted by Gasteiger charge is 2.46. The number of hydrogen-bond donors (Lipinski definition) is 5. The summed E-state index contributed by atoms with van der Waals surface area (Å²) < 4.78 is 0. The Bertz CT molecular complexity index is 1400. The lowest BCUT2D eigenvalue weighted by Gasteiger charge is -2.33. The Kier molecular flexibility index (Phi) is 8.60. The predicted octanol–water partition coefficient (Wildman–Crippen LogP) is 3.95. The number of rotatable bonds is 8. The number of aromatic nitrogens is 1. The molecule has 5 N–H and O–H groups in total. The first-order valence-corrected chi connectivity index (χ1v) is 14.0. The van der Waals surface area contributed by atoms with Gasteiger partial charge in [0.2, 0.25) is 5.91 Å². The number of Topliss-reactive ketones (excluding diaryl/α,β-unsaturated/α-hetero) is 1. The van der Waals surface area contributed by atoms with Crippen molar-refractivity contribution in [3.63, 3.8) is 0 Å². The normalized spacial score (nSPS) is 19.7. The highest BCUT2D eigenvalue weighted by molar-refractivity contribution is 7.13. The number of aryl methyl sites for hydroxylation is 1. The summed E-state index contributed by atoms with van der Waals surface area (Å²) in [6, 6.07) is 10.5. The molecule has 1 aliphatic rings. The monoisotopic (exact) mass is 565 g/mol. The van der Waals surface area contributed by atoms with Crippen LogP contribution < -0.4 is 10.6 Å². The molecule has 4 atom stereocenters. The van der Waals surface area contributed by atoms with Crippen molar-refractivity contribution in [1.29, 1.82) is 0 Å². The molecule has 1 fully saturated rings. The van der Waals surface area contributed by atoms with Crippen molar-refractivity contribution in [2.24, 2.45) is 17.3 Å². The molecule has 1 saturated carbocycles. The molecule has 1 heterocycles. The van der Waals surface area contributed by atoms with E-state index in [4.69, 9.17) is 0 Å². The zero-order chi connectivity index (χ0) is 29.2. The second-order valence-electron chi connectivity index (χ2n) is 11.4. The number of aliphatic hydroxyl groups excluding tert-OH is 1. The van der Waals surface area contributed by atoms with Gasteiger partial charge in [-0.05, 0) is 54.5 Å². The van der Waals surface area contributed by atoms with Gasteiger partial charge in [-0.15, -0.1) is 11.3 Å². The number of nitrogens with zero attached hydrogens (tertiary/aromatic N) is 1. The minimum atomic E-state index is -0.954. The van der Waals surface area contributed by atoms with Crippen LogP contribution in [0.1, 0.15) is 55.2 Å². The smallest absolute Gasteiger partial charge is 0.252 e. The maximum absolute atomic E-state index is 13.8. The summed E-state index contributed by atoms with van der Waals surface area (Å²) in [6.45, 7) is 7.66. The van der Waals surface area contributed by atoms with Crippen LogP contribution in [0.3, 0.4) is 0 Å². The molecule has 212 valence electrons. The number of benzene rings is 2. The first kappa shape index (κ1) is 29.2. The zero-order valence-corrected chi connectivity index (χ0v) is 23.8. The third kappa shape index (κ3) is 6.51. The SMILES string of the molecule is Cc1ncsc1-c1ccc(CNC(=O)[C@@H]2C[C@@H](O)CC2C(=O)[C@@H](NC(=O)c2ccc(O)c(O)c2)C(C)(C)C)cc1. The summed E-state index contributed by atoms with van der Waals surface area (Å²) in [5.41, 5.74) is 4.11. The topological polar surface area (TPSA) is 149 Å². The fourth-order valence-electron chi connectivity index (χ4n) is 5.10. The van der Waals surface area contributed by atoms with Crippen molar-refractivity contribution in [3.05, 3.63) is 64.8 Å². The number of thiazole rings is 1. The number of hydrogen-bond acceptors (Lipinski definition) is 8. The molecule has 10 heteroatoms. The molecule has 2 amide bonds. The number of amides is 2. The Labute approximate surface area is 237 Å². The van der Waals surface area contributed by atoms with E-state index in [-0.39, 0.29) is 42.4 Å². The number of nitrogens with one attached hydrogen (secondary N) is 2. The molecule has 9 nitrogen and oxygen atoms in total. The standard InChI is InChI=1S/C30H35N3O6S/c1-16-26(40-15-32-16)18-7-5-17(6-8-18)14-31-29(39)22-13-20(34)12-21(22)25(37)27(30(2,3)4)33-28(38)19-9-10-23(35)24(36)11-19/h5-11,15,20-22,27,34-36H,12-14H2,1-4H3,(H,31,39)(H,33,38)/t20-,21?,22+,27+/m0/s1. The van der Waals surface area contributed by atoms with E-state index in [2.05, 4.69) is 15.6 Å². The van der Waals surface area contributed by atoms with E-state index < -0.39 is 41.1 Å². The van der Waals surface area contributed by atoms with Crippen LogP contribution in [0.15, 0.2) is 48.0 Å². The number of aliphatic hydroxyl groups is 1. The molecule has 4 rings (SSSR count). The maximum Gasteiger partial charge on any atom is 0.252 e. The van der Waals surface area contributed by atoms with Crippen LogP contribution in [0.5, 0.6) is 11.5 Å². The Morgan fingerprint density at radius 3 is 2.30 bits per heavy atom. The molecule has 0 bridgehead atoms. The van der Waals surface area contributed by atoms with Crippen molar-refractivity contribution in [1.82, 2.24) is 15.6 Å². The quantitative estimate of drug-likeness (QED) is 0.260. The number of phenols is 2. The van der Waals surface area contributed by atoms with Gasteiger partial charge in [-0.25, -0.2) is 4.98 Å². The van der Waals surface area contributed by atoms with Gasteiger partial charge in [0, 0.05) is 18.0 Å². The fourth-order valence-corrected chi connectivity index (χ4v) is 5.91. The molecule has 1 unspecified atom stereocenters. The van der Waals surface area contributed by atoms with Crippen LogP contribution in [0.2, 0.25) is 0 Å². The van der Waals surface area contributed by atoms with Gasteiger partial charge in [0.15, 0.2) is 17.3 Å². The van der Waals surface area contributed by atoms with E-state index >= 15 is 0 Å². The number of aromatic hydroxyl groups is 2. The fraction of sp³-hybridized carbons (Fsp3) is 0.400. The molecular formula is C30H35N3O6S. The molecule has 1 aliphatic carbocycles. The molecule has 2 aromatic carbocycles. The molecule has 1 aromatic heterocycles.